The normalized spacial score (nSPS) is 11.6. The third kappa shape index (κ3) is 2.99. The van der Waals surface area contributed by atoms with Gasteiger partial charge in [0.25, 0.3) is 0 Å². The Labute approximate surface area is 114 Å². The Kier molecular flexibility index (Phi) is 3.86. The summed E-state index contributed by atoms with van der Waals surface area (Å²) in [6, 6.07) is 4.18. The highest BCUT2D eigenvalue weighted by molar-refractivity contribution is 7.89. The van der Waals surface area contributed by atoms with E-state index in [4.69, 9.17) is 17.3 Å². The van der Waals surface area contributed by atoms with Crippen LogP contribution in [0, 0.1) is 0 Å². The van der Waals surface area contributed by atoms with Crippen LogP contribution in [0.4, 0.5) is 5.69 Å². The number of halogens is 1. The molecule has 0 aliphatic rings. The van der Waals surface area contributed by atoms with Gasteiger partial charge in [0.2, 0.25) is 10.0 Å². The van der Waals surface area contributed by atoms with Crippen molar-refractivity contribution in [2.75, 3.05) is 5.73 Å². The molecule has 0 aliphatic heterocycles. The van der Waals surface area contributed by atoms with Crippen LogP contribution in [0.25, 0.3) is 0 Å². The molecule has 0 unspecified atom stereocenters. The van der Waals surface area contributed by atoms with Crippen molar-refractivity contribution in [2.24, 2.45) is 0 Å². The SMILES string of the molecule is Nc1cc(S(=O)(=O)NCc2cscn2)ccc1Cl. The molecule has 96 valence electrons. The van der Waals surface area contributed by atoms with Gasteiger partial charge in [-0.25, -0.2) is 18.1 Å². The minimum Gasteiger partial charge on any atom is -0.397 e. The van der Waals surface area contributed by atoms with Gasteiger partial charge in [0.05, 0.1) is 33.4 Å². The molecule has 0 saturated carbocycles. The summed E-state index contributed by atoms with van der Waals surface area (Å²) < 4.78 is 26.4. The molecule has 5 nitrogen and oxygen atoms in total. The first-order valence-electron chi connectivity index (χ1n) is 4.91. The van der Waals surface area contributed by atoms with Crippen LogP contribution in [0.1, 0.15) is 5.69 Å². The molecule has 8 heteroatoms. The van der Waals surface area contributed by atoms with E-state index in [1.807, 2.05) is 0 Å². The fourth-order valence-electron chi connectivity index (χ4n) is 1.27. The second-order valence-electron chi connectivity index (χ2n) is 3.49. The number of nitrogens with zero attached hydrogens (tertiary/aromatic N) is 1. The molecule has 1 heterocycles. The molecule has 1 aromatic heterocycles. The molecular formula is C10H10ClN3O2S2. The van der Waals surface area contributed by atoms with E-state index in [1.54, 1.807) is 10.9 Å². The monoisotopic (exact) mass is 303 g/mol. The molecule has 0 spiro atoms. The van der Waals surface area contributed by atoms with Crippen LogP contribution in [-0.4, -0.2) is 13.4 Å². The molecule has 2 aromatic rings. The second-order valence-corrected chi connectivity index (χ2v) is 6.38. The van der Waals surface area contributed by atoms with Gasteiger partial charge in [-0.2, -0.15) is 0 Å². The first-order chi connectivity index (χ1) is 8.49. The molecule has 0 atom stereocenters. The summed E-state index contributed by atoms with van der Waals surface area (Å²) in [6.45, 7) is 0.147. The lowest BCUT2D eigenvalue weighted by Gasteiger charge is -2.06. The summed E-state index contributed by atoms with van der Waals surface area (Å²) in [5.41, 5.74) is 8.12. The number of anilines is 1. The van der Waals surface area contributed by atoms with Gasteiger partial charge >= 0.3 is 0 Å². The van der Waals surface area contributed by atoms with Gasteiger partial charge in [0.15, 0.2) is 0 Å². The Balaban J connectivity index is 2.17. The molecule has 0 saturated heterocycles. The molecule has 18 heavy (non-hydrogen) atoms. The van der Waals surface area contributed by atoms with Crippen molar-refractivity contribution in [1.82, 2.24) is 9.71 Å². The van der Waals surface area contributed by atoms with E-state index in [0.29, 0.717) is 10.7 Å². The zero-order chi connectivity index (χ0) is 13.2. The summed E-state index contributed by atoms with van der Waals surface area (Å²) in [6.07, 6.45) is 0. The second kappa shape index (κ2) is 5.23. The average Bonchev–Trinajstić information content (AvgIpc) is 2.83. The van der Waals surface area contributed by atoms with Gasteiger partial charge in [-0.05, 0) is 18.2 Å². The molecule has 0 fully saturated rings. The van der Waals surface area contributed by atoms with Gasteiger partial charge in [-0.3, -0.25) is 0 Å². The number of nitrogens with one attached hydrogen (secondary N) is 1. The number of thiazole rings is 1. The van der Waals surface area contributed by atoms with Crippen LogP contribution in [0.3, 0.4) is 0 Å². The summed E-state index contributed by atoms with van der Waals surface area (Å²) >= 11 is 7.15. The predicted octanol–water partition coefficient (Wildman–Crippen LogP) is 1.86. The van der Waals surface area contributed by atoms with E-state index in [2.05, 4.69) is 9.71 Å². The first kappa shape index (κ1) is 13.3. The maximum atomic E-state index is 12.0. The molecule has 0 aliphatic carbocycles. The smallest absolute Gasteiger partial charge is 0.240 e. The highest BCUT2D eigenvalue weighted by Crippen LogP contribution is 2.22. The molecule has 2 rings (SSSR count). The van der Waals surface area contributed by atoms with Crippen molar-refractivity contribution in [2.45, 2.75) is 11.4 Å². The Bertz CT molecular complexity index is 641. The van der Waals surface area contributed by atoms with E-state index in [-0.39, 0.29) is 17.1 Å². The average molecular weight is 304 g/mol. The maximum absolute atomic E-state index is 12.0. The molecule has 3 N–H and O–H groups in total. The maximum Gasteiger partial charge on any atom is 0.240 e. The summed E-state index contributed by atoms with van der Waals surface area (Å²) in [5, 5.41) is 2.10. The van der Waals surface area contributed by atoms with E-state index in [1.165, 1.54) is 29.5 Å². The number of sulfonamides is 1. The molecular weight excluding hydrogens is 294 g/mol. The lowest BCUT2D eigenvalue weighted by Crippen LogP contribution is -2.23. The minimum absolute atomic E-state index is 0.0830. The number of aromatic nitrogens is 1. The number of nitrogens with two attached hydrogens (primary N) is 1. The quantitative estimate of drug-likeness (QED) is 0.844. The topological polar surface area (TPSA) is 85.1 Å². The van der Waals surface area contributed by atoms with E-state index in [9.17, 15) is 8.42 Å². The zero-order valence-corrected chi connectivity index (χ0v) is 11.5. The van der Waals surface area contributed by atoms with Crippen molar-refractivity contribution in [3.63, 3.8) is 0 Å². The molecule has 0 radical (unpaired) electrons. The Morgan fingerprint density at radius 2 is 2.22 bits per heavy atom. The van der Waals surface area contributed by atoms with Gasteiger partial charge in [0, 0.05) is 5.38 Å². The molecule has 0 amide bonds. The first-order valence-corrected chi connectivity index (χ1v) is 7.71. The fourth-order valence-corrected chi connectivity index (χ4v) is 2.98. The molecule has 1 aromatic carbocycles. The predicted molar refractivity (Wildman–Crippen MR) is 72.0 cm³/mol. The van der Waals surface area contributed by atoms with Crippen LogP contribution in [-0.2, 0) is 16.6 Å². The largest absolute Gasteiger partial charge is 0.397 e. The van der Waals surface area contributed by atoms with Gasteiger partial charge in [0.1, 0.15) is 0 Å². The minimum atomic E-state index is -3.60. The summed E-state index contributed by atoms with van der Waals surface area (Å²) in [5.74, 6) is 0. The third-order valence-corrected chi connectivity index (χ3v) is 4.58. The number of hydrogen-bond acceptors (Lipinski definition) is 5. The highest BCUT2D eigenvalue weighted by atomic mass is 35.5. The van der Waals surface area contributed by atoms with Gasteiger partial charge in [-0.15, -0.1) is 11.3 Å². The summed E-state index contributed by atoms with van der Waals surface area (Å²) in [4.78, 5) is 4.07. The van der Waals surface area contributed by atoms with Crippen molar-refractivity contribution in [1.29, 1.82) is 0 Å². The van der Waals surface area contributed by atoms with Gasteiger partial charge in [-0.1, -0.05) is 11.6 Å². The van der Waals surface area contributed by atoms with E-state index >= 15 is 0 Å². The van der Waals surface area contributed by atoms with Crippen molar-refractivity contribution in [3.05, 3.63) is 39.8 Å². The van der Waals surface area contributed by atoms with Gasteiger partial charge < -0.3 is 5.73 Å². The van der Waals surface area contributed by atoms with Crippen molar-refractivity contribution >= 4 is 38.6 Å². The Morgan fingerprint density at radius 3 is 2.83 bits per heavy atom. The van der Waals surface area contributed by atoms with Crippen molar-refractivity contribution < 1.29 is 8.42 Å². The fraction of sp³-hybridized carbons (Fsp3) is 0.100. The summed E-state index contributed by atoms with van der Waals surface area (Å²) in [7, 11) is -3.60. The number of benzene rings is 1. The van der Waals surface area contributed by atoms with E-state index in [0.717, 1.165) is 0 Å². The Morgan fingerprint density at radius 1 is 1.44 bits per heavy atom. The third-order valence-electron chi connectivity index (χ3n) is 2.20. The standard InChI is InChI=1S/C10H10ClN3O2S2/c11-9-2-1-8(3-10(9)12)18(15,16)14-4-7-5-17-6-13-7/h1-3,5-6,14H,4,12H2. The number of nitrogen functional groups attached to an aromatic ring is 1. The molecule has 0 bridgehead atoms. The van der Waals surface area contributed by atoms with Crippen LogP contribution in [0.15, 0.2) is 34.0 Å². The number of rotatable bonds is 4. The zero-order valence-electron chi connectivity index (χ0n) is 9.13. The Hall–Kier alpha value is -1.15. The van der Waals surface area contributed by atoms with Crippen LogP contribution < -0.4 is 10.5 Å². The highest BCUT2D eigenvalue weighted by Gasteiger charge is 2.15. The van der Waals surface area contributed by atoms with E-state index < -0.39 is 10.0 Å². The number of hydrogen-bond donors (Lipinski definition) is 2. The van der Waals surface area contributed by atoms with Crippen molar-refractivity contribution in [3.8, 4) is 0 Å². The van der Waals surface area contributed by atoms with Crippen LogP contribution in [0.5, 0.6) is 0 Å². The lowest BCUT2D eigenvalue weighted by atomic mass is 10.3. The van der Waals surface area contributed by atoms with Crippen LogP contribution >= 0.6 is 22.9 Å². The van der Waals surface area contributed by atoms with Crippen LogP contribution in [0.2, 0.25) is 5.02 Å². The lowest BCUT2D eigenvalue weighted by molar-refractivity contribution is 0.580.